The Balaban J connectivity index is 2.15. The molecular formula is C22H13ClN8O. The molecule has 10 heteroatoms. The molecule has 1 amide bonds. The molecule has 2 aromatic carbocycles. The highest BCUT2D eigenvalue weighted by atomic mass is 35.5. The quantitative estimate of drug-likeness (QED) is 0.484. The van der Waals surface area contributed by atoms with Crippen LogP contribution in [0.25, 0.3) is 16.7 Å². The lowest BCUT2D eigenvalue weighted by Gasteiger charge is -2.12. The van der Waals surface area contributed by atoms with Gasteiger partial charge in [-0.1, -0.05) is 29.8 Å². The summed E-state index contributed by atoms with van der Waals surface area (Å²) in [4.78, 5) is 21.2. The number of carbonyl (C=O) groups excluding carboxylic acids is 1. The summed E-state index contributed by atoms with van der Waals surface area (Å²) in [7, 11) is 0. The Morgan fingerprint density at radius 3 is 2.25 bits per heavy atom. The topological polar surface area (TPSA) is 160 Å². The maximum Gasteiger partial charge on any atom is 0.279 e. The molecule has 0 spiro atoms. The highest BCUT2D eigenvalue weighted by Gasteiger charge is 2.20. The Bertz CT molecular complexity index is 1530. The smallest absolute Gasteiger partial charge is 0.279 e. The van der Waals surface area contributed by atoms with Crippen LogP contribution in [0.3, 0.4) is 0 Å². The average Bonchev–Trinajstić information content (AvgIpc) is 2.80. The van der Waals surface area contributed by atoms with Crippen LogP contribution in [0.1, 0.15) is 21.5 Å². The summed E-state index contributed by atoms with van der Waals surface area (Å²) in [6, 6.07) is 18.8. The molecule has 0 aliphatic rings. The Labute approximate surface area is 186 Å². The molecule has 0 fully saturated rings. The van der Waals surface area contributed by atoms with Gasteiger partial charge in [-0.25, -0.2) is 9.67 Å². The molecule has 32 heavy (non-hydrogen) atoms. The minimum atomic E-state index is -0.583. The number of halogens is 1. The molecule has 0 aliphatic carbocycles. The number of amides is 1. The molecule has 0 aliphatic heterocycles. The second-order valence-electron chi connectivity index (χ2n) is 6.58. The fourth-order valence-corrected chi connectivity index (χ4v) is 3.20. The summed E-state index contributed by atoms with van der Waals surface area (Å²) in [6.45, 7) is 0. The summed E-state index contributed by atoms with van der Waals surface area (Å²) in [6.07, 6.45) is 0. The molecule has 2 aromatic heterocycles. The maximum atomic E-state index is 12.8. The number of hydrogen-bond acceptors (Lipinski definition) is 7. The second kappa shape index (κ2) is 8.19. The number of nitrogen functional groups attached to an aromatic ring is 2. The van der Waals surface area contributed by atoms with Crippen LogP contribution in [0.2, 0.25) is 5.02 Å². The van der Waals surface area contributed by atoms with Crippen LogP contribution in [0.4, 0.5) is 11.5 Å². The van der Waals surface area contributed by atoms with Gasteiger partial charge in [0.2, 0.25) is 0 Å². The van der Waals surface area contributed by atoms with E-state index in [9.17, 15) is 15.3 Å². The number of nitrogens with two attached hydrogens (primary N) is 2. The number of rotatable bonds is 2. The second-order valence-corrected chi connectivity index (χ2v) is 7.01. The number of aromatic nitrogens is 3. The van der Waals surface area contributed by atoms with E-state index in [0.717, 1.165) is 0 Å². The van der Waals surface area contributed by atoms with Gasteiger partial charge in [-0.3, -0.25) is 4.79 Å². The fourth-order valence-electron chi connectivity index (χ4n) is 3.08. The molecule has 0 radical (unpaired) electrons. The summed E-state index contributed by atoms with van der Waals surface area (Å²) in [5, 5.41) is 24.3. The molecule has 0 saturated heterocycles. The molecule has 154 valence electrons. The van der Waals surface area contributed by atoms with E-state index in [-0.39, 0.29) is 39.2 Å². The maximum absolute atomic E-state index is 12.8. The van der Waals surface area contributed by atoms with Crippen LogP contribution >= 0.6 is 11.6 Å². The average molecular weight is 441 g/mol. The number of carbonyl (C=O) groups is 1. The summed E-state index contributed by atoms with van der Waals surface area (Å²) in [5.41, 5.74) is 12.7. The van der Waals surface area contributed by atoms with Crippen LogP contribution in [-0.2, 0) is 0 Å². The van der Waals surface area contributed by atoms with Gasteiger partial charge in [-0.2, -0.15) is 20.6 Å². The van der Waals surface area contributed by atoms with E-state index in [4.69, 9.17) is 23.1 Å². The standard InChI is InChI=1S/C22H13ClN8O/c23-13-6-8-14(9-7-13)31-21(29-22(32)12-4-2-1-3-5-12)16(11-25)18-19(30-31)17(26)15(10-24)20(27)28-18/h1-9H,26H2,(H2,27,28). The van der Waals surface area contributed by atoms with Gasteiger partial charge < -0.3 is 11.5 Å². The van der Waals surface area contributed by atoms with Crippen molar-refractivity contribution in [1.82, 2.24) is 14.8 Å². The minimum absolute atomic E-state index is 0.0323. The molecule has 2 heterocycles. The van der Waals surface area contributed by atoms with E-state index in [2.05, 4.69) is 15.1 Å². The van der Waals surface area contributed by atoms with Gasteiger partial charge in [0, 0.05) is 10.6 Å². The summed E-state index contributed by atoms with van der Waals surface area (Å²) < 4.78 is 1.29. The largest absolute Gasteiger partial charge is 0.396 e. The first-order valence-electron chi connectivity index (χ1n) is 9.16. The van der Waals surface area contributed by atoms with Gasteiger partial charge in [0.05, 0.1) is 11.4 Å². The van der Waals surface area contributed by atoms with Gasteiger partial charge in [-0.05, 0) is 36.4 Å². The summed E-state index contributed by atoms with van der Waals surface area (Å²) >= 11 is 6.00. The van der Waals surface area contributed by atoms with Crippen molar-refractivity contribution >= 4 is 40.0 Å². The predicted octanol–water partition coefficient (Wildman–Crippen LogP) is 2.72. The molecule has 0 saturated carbocycles. The Morgan fingerprint density at radius 2 is 1.62 bits per heavy atom. The van der Waals surface area contributed by atoms with Crippen molar-refractivity contribution in [2.45, 2.75) is 0 Å². The van der Waals surface area contributed by atoms with Crippen LogP contribution in [0.5, 0.6) is 0 Å². The highest BCUT2D eigenvalue weighted by molar-refractivity contribution is 6.30. The van der Waals surface area contributed by atoms with Gasteiger partial charge in [0.15, 0.2) is 5.49 Å². The molecule has 0 unspecified atom stereocenters. The zero-order chi connectivity index (χ0) is 22.8. The van der Waals surface area contributed by atoms with Crippen molar-refractivity contribution in [2.24, 2.45) is 4.99 Å². The van der Waals surface area contributed by atoms with Crippen molar-refractivity contribution in [2.75, 3.05) is 11.5 Å². The number of benzene rings is 2. The number of fused-ring (bicyclic) bond motifs is 1. The third-order valence-corrected chi connectivity index (χ3v) is 4.87. The third kappa shape index (κ3) is 3.49. The highest BCUT2D eigenvalue weighted by Crippen LogP contribution is 2.26. The van der Waals surface area contributed by atoms with Gasteiger partial charge in [0.25, 0.3) is 5.91 Å². The fraction of sp³-hybridized carbons (Fsp3) is 0. The number of anilines is 2. The van der Waals surface area contributed by atoms with E-state index in [1.165, 1.54) is 4.68 Å². The Morgan fingerprint density at radius 1 is 0.969 bits per heavy atom. The van der Waals surface area contributed by atoms with Gasteiger partial charge >= 0.3 is 0 Å². The zero-order valence-electron chi connectivity index (χ0n) is 16.3. The molecular weight excluding hydrogens is 428 g/mol. The van der Waals surface area contributed by atoms with E-state index < -0.39 is 5.91 Å². The first-order valence-corrected chi connectivity index (χ1v) is 9.54. The van der Waals surface area contributed by atoms with E-state index in [1.54, 1.807) is 54.6 Å². The van der Waals surface area contributed by atoms with Crippen LogP contribution in [0.15, 0.2) is 59.6 Å². The van der Waals surface area contributed by atoms with Gasteiger partial charge in [-0.15, -0.1) is 0 Å². The van der Waals surface area contributed by atoms with Crippen molar-refractivity contribution < 1.29 is 4.79 Å². The third-order valence-electron chi connectivity index (χ3n) is 4.62. The SMILES string of the molecule is N#Cc1c(N)nc2c(C#N)c(=NC(=O)c3ccccc3)n(-c3ccc(Cl)cc3)nc2c1N. The van der Waals surface area contributed by atoms with Crippen LogP contribution in [-0.4, -0.2) is 20.7 Å². The van der Waals surface area contributed by atoms with Crippen molar-refractivity contribution in [3.8, 4) is 17.8 Å². The molecule has 4 aromatic rings. The lowest BCUT2D eigenvalue weighted by Crippen LogP contribution is -2.28. The Kier molecular flexibility index (Phi) is 5.25. The number of pyridine rings is 1. The van der Waals surface area contributed by atoms with Gasteiger partial charge in [0.1, 0.15) is 40.1 Å². The number of nitriles is 2. The normalized spacial score (nSPS) is 11.2. The molecule has 0 bridgehead atoms. The summed E-state index contributed by atoms with van der Waals surface area (Å²) in [5.74, 6) is -0.735. The first-order chi connectivity index (χ1) is 15.4. The zero-order valence-corrected chi connectivity index (χ0v) is 17.1. The number of nitrogens with zero attached hydrogens (tertiary/aromatic N) is 6. The van der Waals surface area contributed by atoms with Crippen LogP contribution in [0, 0.1) is 22.7 Å². The lowest BCUT2D eigenvalue weighted by molar-refractivity contribution is 0.0997. The minimum Gasteiger partial charge on any atom is -0.396 e. The molecule has 0 atom stereocenters. The van der Waals surface area contributed by atoms with Crippen molar-refractivity contribution in [1.29, 1.82) is 10.5 Å². The van der Waals surface area contributed by atoms with Crippen LogP contribution < -0.4 is 17.0 Å². The van der Waals surface area contributed by atoms with E-state index in [0.29, 0.717) is 16.3 Å². The first kappa shape index (κ1) is 20.5. The molecule has 9 nitrogen and oxygen atoms in total. The van der Waals surface area contributed by atoms with Crippen molar-refractivity contribution in [3.05, 3.63) is 81.8 Å². The number of hydrogen-bond donors (Lipinski definition) is 2. The molecule has 4 rings (SSSR count). The van der Waals surface area contributed by atoms with E-state index >= 15 is 0 Å². The van der Waals surface area contributed by atoms with Crippen molar-refractivity contribution in [3.63, 3.8) is 0 Å². The predicted molar refractivity (Wildman–Crippen MR) is 118 cm³/mol. The van der Waals surface area contributed by atoms with E-state index in [1.807, 2.05) is 12.1 Å². The lowest BCUT2D eigenvalue weighted by atomic mass is 10.1. The Hall–Kier alpha value is -4.73. The monoisotopic (exact) mass is 440 g/mol. The molecule has 4 N–H and O–H groups in total.